The lowest BCUT2D eigenvalue weighted by atomic mass is 9.70. The Morgan fingerprint density at radius 1 is 1.36 bits per heavy atom. The van der Waals surface area contributed by atoms with Crippen LogP contribution in [0.15, 0.2) is 22.7 Å². The number of nitrogens with zero attached hydrogens (tertiary/aromatic N) is 1. The highest BCUT2D eigenvalue weighted by Gasteiger charge is 2.46. The quantitative estimate of drug-likeness (QED) is 0.606. The van der Waals surface area contributed by atoms with Crippen molar-refractivity contribution in [2.24, 2.45) is 0 Å². The van der Waals surface area contributed by atoms with Crippen molar-refractivity contribution < 1.29 is 4.79 Å². The first kappa shape index (κ1) is 16.3. The number of amides is 1. The Morgan fingerprint density at radius 3 is 2.77 bits per heavy atom. The van der Waals surface area contributed by atoms with E-state index in [1.54, 1.807) is 0 Å². The van der Waals surface area contributed by atoms with E-state index in [9.17, 15) is 4.79 Å². The second kappa shape index (κ2) is 6.52. The summed E-state index contributed by atoms with van der Waals surface area (Å²) in [7, 11) is 0. The molecular formula is C18H23BrClNO. The number of alkyl halides is 1. The standard InChI is InChI=1S/C18H23BrClNO/c1-13-12-18(8-3-2-4-9-18)21(17(22)7-10-20)16-6-5-14(19)11-15(13)16/h5-6,11,13H,2-4,7-10,12H2,1H3. The van der Waals surface area contributed by atoms with Crippen LogP contribution in [-0.4, -0.2) is 17.3 Å². The lowest BCUT2D eigenvalue weighted by Crippen LogP contribution is -2.56. The van der Waals surface area contributed by atoms with Gasteiger partial charge in [-0.3, -0.25) is 4.79 Å². The molecule has 4 heteroatoms. The average Bonchev–Trinajstić information content (AvgIpc) is 2.49. The summed E-state index contributed by atoms with van der Waals surface area (Å²) >= 11 is 9.44. The van der Waals surface area contributed by atoms with Crippen molar-refractivity contribution in [3.63, 3.8) is 0 Å². The molecule has 1 spiro atoms. The molecule has 1 amide bonds. The molecule has 2 aliphatic rings. The Hall–Kier alpha value is -0.540. The third kappa shape index (κ3) is 2.82. The predicted molar refractivity (Wildman–Crippen MR) is 95.8 cm³/mol. The maximum atomic E-state index is 12.9. The number of hydrogen-bond acceptors (Lipinski definition) is 1. The van der Waals surface area contributed by atoms with Gasteiger partial charge in [0.15, 0.2) is 0 Å². The van der Waals surface area contributed by atoms with Crippen LogP contribution in [0.3, 0.4) is 0 Å². The van der Waals surface area contributed by atoms with Crippen LogP contribution in [-0.2, 0) is 4.79 Å². The van der Waals surface area contributed by atoms with Gasteiger partial charge in [0.2, 0.25) is 5.91 Å². The van der Waals surface area contributed by atoms with Gasteiger partial charge in [-0.05, 0) is 48.9 Å². The van der Waals surface area contributed by atoms with Gasteiger partial charge < -0.3 is 4.90 Å². The predicted octanol–water partition coefficient (Wildman–Crippen LogP) is 5.62. The minimum atomic E-state index is 0.0155. The van der Waals surface area contributed by atoms with Gasteiger partial charge in [0.25, 0.3) is 0 Å². The van der Waals surface area contributed by atoms with Crippen molar-refractivity contribution in [3.05, 3.63) is 28.2 Å². The molecule has 1 heterocycles. The molecular weight excluding hydrogens is 362 g/mol. The first-order valence-corrected chi connectivity index (χ1v) is 9.59. The maximum absolute atomic E-state index is 12.9. The van der Waals surface area contributed by atoms with Crippen molar-refractivity contribution in [3.8, 4) is 0 Å². The molecule has 1 atom stereocenters. The van der Waals surface area contributed by atoms with Crippen LogP contribution in [0.4, 0.5) is 5.69 Å². The number of halogens is 2. The van der Waals surface area contributed by atoms with E-state index in [1.165, 1.54) is 24.8 Å². The topological polar surface area (TPSA) is 20.3 Å². The fourth-order valence-electron chi connectivity index (χ4n) is 4.38. The van der Waals surface area contributed by atoms with Crippen LogP contribution in [0, 0.1) is 0 Å². The molecule has 3 rings (SSSR count). The number of anilines is 1. The molecule has 0 radical (unpaired) electrons. The fraction of sp³-hybridized carbons (Fsp3) is 0.611. The highest BCUT2D eigenvalue weighted by molar-refractivity contribution is 9.10. The molecule has 1 aromatic carbocycles. The van der Waals surface area contributed by atoms with E-state index in [0.717, 1.165) is 29.4 Å². The SMILES string of the molecule is CC1CC2(CCCCC2)N(C(=O)CCCl)c2ccc(Br)cc21. The number of fused-ring (bicyclic) bond motifs is 1. The molecule has 1 aromatic rings. The monoisotopic (exact) mass is 383 g/mol. The van der Waals surface area contributed by atoms with Crippen LogP contribution in [0.5, 0.6) is 0 Å². The van der Waals surface area contributed by atoms with Crippen LogP contribution >= 0.6 is 27.5 Å². The lowest BCUT2D eigenvalue weighted by Gasteiger charge is -2.52. The minimum Gasteiger partial charge on any atom is -0.306 e. The van der Waals surface area contributed by atoms with E-state index < -0.39 is 0 Å². The molecule has 22 heavy (non-hydrogen) atoms. The fourth-order valence-corrected chi connectivity index (χ4v) is 4.92. The van der Waals surface area contributed by atoms with Crippen LogP contribution in [0.25, 0.3) is 0 Å². The smallest absolute Gasteiger partial charge is 0.228 e. The molecule has 2 nitrogen and oxygen atoms in total. The zero-order valence-electron chi connectivity index (χ0n) is 13.1. The number of rotatable bonds is 2. The van der Waals surface area contributed by atoms with Gasteiger partial charge in [0.1, 0.15) is 0 Å². The zero-order valence-corrected chi connectivity index (χ0v) is 15.4. The van der Waals surface area contributed by atoms with Gasteiger partial charge in [-0.25, -0.2) is 0 Å². The van der Waals surface area contributed by atoms with E-state index in [1.807, 2.05) is 6.07 Å². The van der Waals surface area contributed by atoms with Crippen molar-refractivity contribution in [1.29, 1.82) is 0 Å². The Morgan fingerprint density at radius 2 is 2.09 bits per heavy atom. The Balaban J connectivity index is 2.09. The molecule has 0 bridgehead atoms. The molecule has 1 saturated carbocycles. The van der Waals surface area contributed by atoms with Crippen LogP contribution in [0.2, 0.25) is 0 Å². The summed E-state index contributed by atoms with van der Waals surface area (Å²) in [5.41, 5.74) is 2.41. The summed E-state index contributed by atoms with van der Waals surface area (Å²) in [5.74, 6) is 1.07. The number of benzene rings is 1. The van der Waals surface area contributed by atoms with Crippen LogP contribution < -0.4 is 4.90 Å². The second-order valence-electron chi connectivity index (χ2n) is 6.76. The molecule has 120 valence electrons. The summed E-state index contributed by atoms with van der Waals surface area (Å²) in [4.78, 5) is 15.0. The van der Waals surface area contributed by atoms with Gasteiger partial charge in [-0.1, -0.05) is 42.1 Å². The normalized spacial score (nSPS) is 23.4. The zero-order chi connectivity index (χ0) is 15.7. The van der Waals surface area contributed by atoms with E-state index in [2.05, 4.69) is 39.9 Å². The summed E-state index contributed by atoms with van der Waals surface area (Å²) in [6.45, 7) is 2.30. The number of hydrogen-bond donors (Lipinski definition) is 0. The first-order chi connectivity index (χ1) is 10.6. The lowest BCUT2D eigenvalue weighted by molar-refractivity contribution is -0.120. The van der Waals surface area contributed by atoms with Crippen molar-refractivity contribution in [2.75, 3.05) is 10.8 Å². The van der Waals surface area contributed by atoms with Gasteiger partial charge in [-0.2, -0.15) is 0 Å². The molecule has 1 fully saturated rings. The Bertz CT molecular complexity index is 568. The Labute approximate surface area is 146 Å². The van der Waals surface area contributed by atoms with E-state index in [-0.39, 0.29) is 11.4 Å². The summed E-state index contributed by atoms with van der Waals surface area (Å²) in [6.07, 6.45) is 7.49. The first-order valence-electron chi connectivity index (χ1n) is 8.26. The van der Waals surface area contributed by atoms with Crippen molar-refractivity contribution in [2.45, 2.75) is 63.3 Å². The third-order valence-electron chi connectivity index (χ3n) is 5.26. The van der Waals surface area contributed by atoms with Gasteiger partial charge in [0, 0.05) is 28.0 Å². The van der Waals surface area contributed by atoms with Gasteiger partial charge in [0.05, 0.1) is 0 Å². The van der Waals surface area contributed by atoms with E-state index in [4.69, 9.17) is 11.6 Å². The molecule has 0 saturated heterocycles. The van der Waals surface area contributed by atoms with E-state index in [0.29, 0.717) is 18.2 Å². The minimum absolute atomic E-state index is 0.0155. The third-order valence-corrected chi connectivity index (χ3v) is 5.95. The summed E-state index contributed by atoms with van der Waals surface area (Å²) in [6, 6.07) is 6.34. The molecule has 1 unspecified atom stereocenters. The van der Waals surface area contributed by atoms with Gasteiger partial charge >= 0.3 is 0 Å². The second-order valence-corrected chi connectivity index (χ2v) is 8.06. The van der Waals surface area contributed by atoms with Crippen molar-refractivity contribution in [1.82, 2.24) is 0 Å². The number of carbonyl (C=O) groups is 1. The van der Waals surface area contributed by atoms with Crippen LogP contribution in [0.1, 0.15) is 63.4 Å². The highest BCUT2D eigenvalue weighted by Crippen LogP contribution is 2.50. The average molecular weight is 385 g/mol. The van der Waals surface area contributed by atoms with E-state index >= 15 is 0 Å². The maximum Gasteiger partial charge on any atom is 0.228 e. The van der Waals surface area contributed by atoms with Crippen molar-refractivity contribution >= 4 is 39.1 Å². The highest BCUT2D eigenvalue weighted by atomic mass is 79.9. The summed E-state index contributed by atoms with van der Waals surface area (Å²) in [5, 5.41) is 0. The summed E-state index contributed by atoms with van der Waals surface area (Å²) < 4.78 is 1.09. The molecule has 1 aliphatic carbocycles. The molecule has 0 N–H and O–H groups in total. The van der Waals surface area contributed by atoms with Gasteiger partial charge in [-0.15, -0.1) is 11.6 Å². The largest absolute Gasteiger partial charge is 0.306 e. The Kier molecular flexibility index (Phi) is 4.84. The number of carbonyl (C=O) groups excluding carboxylic acids is 1. The molecule has 0 aromatic heterocycles. The molecule has 1 aliphatic heterocycles.